The molecule has 5 rings (SSSR count). The molecule has 1 unspecified atom stereocenters. The Morgan fingerprint density at radius 1 is 1.23 bits per heavy atom. The van der Waals surface area contributed by atoms with Crippen molar-refractivity contribution in [2.24, 2.45) is 0 Å². The Morgan fingerprint density at radius 2 is 2.03 bits per heavy atom. The molecule has 1 saturated heterocycles. The number of pyridine rings is 1. The number of imidazole rings is 1. The number of nitrogens with one attached hydrogen (secondary N) is 1. The molecular formula is C26H33N7O2. The van der Waals surface area contributed by atoms with Gasteiger partial charge >= 0.3 is 6.09 Å². The average molecular weight is 476 g/mol. The van der Waals surface area contributed by atoms with Gasteiger partial charge in [-0.15, -0.1) is 0 Å². The number of hydrogen-bond acceptors (Lipinski definition) is 6. The molecule has 1 fully saturated rings. The maximum atomic E-state index is 12.8. The first-order valence-corrected chi connectivity index (χ1v) is 12.2. The third kappa shape index (κ3) is 4.31. The summed E-state index contributed by atoms with van der Waals surface area (Å²) >= 11 is 0. The highest BCUT2D eigenvalue weighted by Gasteiger charge is 2.32. The molecule has 1 aromatic carbocycles. The minimum atomic E-state index is -0.525. The van der Waals surface area contributed by atoms with Crippen LogP contribution in [0.1, 0.15) is 65.2 Å². The summed E-state index contributed by atoms with van der Waals surface area (Å²) in [4.78, 5) is 24.3. The van der Waals surface area contributed by atoms with Crippen LogP contribution in [-0.4, -0.2) is 54.4 Å². The predicted molar refractivity (Wildman–Crippen MR) is 137 cm³/mol. The molecule has 184 valence electrons. The highest BCUT2D eigenvalue weighted by molar-refractivity contribution is 6.07. The third-order valence-electron chi connectivity index (χ3n) is 6.43. The molecule has 1 atom stereocenters. The predicted octanol–water partition coefficient (Wildman–Crippen LogP) is 5.25. The lowest BCUT2D eigenvalue weighted by molar-refractivity contribution is 0.0195. The summed E-state index contributed by atoms with van der Waals surface area (Å²) in [5.74, 6) is 1.44. The van der Waals surface area contributed by atoms with Gasteiger partial charge < -0.3 is 19.9 Å². The van der Waals surface area contributed by atoms with E-state index in [4.69, 9.17) is 20.4 Å². The van der Waals surface area contributed by atoms with Crippen LogP contribution in [-0.2, 0) is 4.74 Å². The van der Waals surface area contributed by atoms with Crippen molar-refractivity contribution in [2.45, 2.75) is 65.0 Å². The number of amides is 1. The third-order valence-corrected chi connectivity index (χ3v) is 6.43. The van der Waals surface area contributed by atoms with Gasteiger partial charge in [-0.3, -0.25) is 5.10 Å². The summed E-state index contributed by atoms with van der Waals surface area (Å²) in [5, 5.41) is 8.15. The van der Waals surface area contributed by atoms with E-state index < -0.39 is 5.60 Å². The molecule has 9 heteroatoms. The lowest BCUT2D eigenvalue weighted by Crippen LogP contribution is -2.42. The zero-order valence-corrected chi connectivity index (χ0v) is 21.0. The summed E-state index contributed by atoms with van der Waals surface area (Å²) in [6.45, 7) is 11.2. The molecule has 3 aromatic heterocycles. The lowest BCUT2D eigenvalue weighted by Gasteiger charge is -2.34. The molecule has 0 spiro atoms. The zero-order chi connectivity index (χ0) is 24.9. The van der Waals surface area contributed by atoms with E-state index in [2.05, 4.69) is 40.7 Å². The van der Waals surface area contributed by atoms with Crippen LogP contribution in [0.3, 0.4) is 0 Å². The number of H-pyrrole nitrogens is 1. The molecule has 1 aliphatic rings. The Balaban J connectivity index is 1.60. The fourth-order valence-electron chi connectivity index (χ4n) is 4.96. The number of nitrogens with two attached hydrogens (primary N) is 1. The Kier molecular flexibility index (Phi) is 5.65. The number of carbonyl (C=O) groups excluding carboxylic acids is 1. The van der Waals surface area contributed by atoms with Gasteiger partial charge in [0.25, 0.3) is 0 Å². The van der Waals surface area contributed by atoms with Gasteiger partial charge in [-0.05, 0) is 65.7 Å². The first kappa shape index (κ1) is 23.1. The van der Waals surface area contributed by atoms with Gasteiger partial charge in [0.15, 0.2) is 5.82 Å². The number of aromatic amines is 1. The number of nitrogen functional groups attached to an aromatic ring is 1. The maximum absolute atomic E-state index is 12.8. The van der Waals surface area contributed by atoms with Gasteiger partial charge in [-0.25, -0.2) is 14.8 Å². The normalized spacial score (nSPS) is 17.0. The number of benzene rings is 1. The number of rotatable bonds is 3. The molecule has 1 amide bonds. The average Bonchev–Trinajstić information content (AvgIpc) is 3.47. The van der Waals surface area contributed by atoms with Crippen molar-refractivity contribution in [3.05, 3.63) is 36.3 Å². The zero-order valence-electron chi connectivity index (χ0n) is 21.0. The van der Waals surface area contributed by atoms with Crippen molar-refractivity contribution in [3.63, 3.8) is 0 Å². The second-order valence-corrected chi connectivity index (χ2v) is 10.6. The summed E-state index contributed by atoms with van der Waals surface area (Å²) in [7, 11) is 0. The largest absolute Gasteiger partial charge is 0.444 e. The Bertz CT molecular complexity index is 1380. The molecule has 4 heterocycles. The molecule has 35 heavy (non-hydrogen) atoms. The van der Waals surface area contributed by atoms with E-state index in [1.165, 1.54) is 0 Å². The van der Waals surface area contributed by atoms with Gasteiger partial charge in [0.05, 0.1) is 16.7 Å². The van der Waals surface area contributed by atoms with Gasteiger partial charge in [-0.1, -0.05) is 6.07 Å². The number of carbonyl (C=O) groups is 1. The number of likely N-dealkylation sites (tertiary alicyclic amines) is 1. The van der Waals surface area contributed by atoms with Crippen molar-refractivity contribution in [3.8, 4) is 11.3 Å². The standard InChI is InChI=1S/C26H33N7O2/c1-15(2)33-22-18-9-8-16(19-10-11-28-31-19)13-20(18)29-23(27)21(22)30-24(33)17-7-6-12-32(14-17)25(34)35-26(3,4)5/h8-11,13,15,17H,6-7,12,14H2,1-5H3,(H2,27,29)(H,28,31). The monoisotopic (exact) mass is 475 g/mol. The summed E-state index contributed by atoms with van der Waals surface area (Å²) < 4.78 is 7.91. The number of anilines is 1. The van der Waals surface area contributed by atoms with Crippen LogP contribution in [0.25, 0.3) is 33.2 Å². The Hall–Kier alpha value is -3.62. The molecule has 3 N–H and O–H groups in total. The van der Waals surface area contributed by atoms with E-state index in [0.717, 1.165) is 46.3 Å². The van der Waals surface area contributed by atoms with E-state index >= 15 is 0 Å². The van der Waals surface area contributed by atoms with E-state index in [0.29, 0.717) is 24.4 Å². The number of fused-ring (bicyclic) bond motifs is 3. The smallest absolute Gasteiger partial charge is 0.410 e. The summed E-state index contributed by atoms with van der Waals surface area (Å²) in [5.41, 5.74) is 10.3. The number of aromatic nitrogens is 5. The molecule has 0 aliphatic carbocycles. The van der Waals surface area contributed by atoms with Crippen LogP contribution in [0.5, 0.6) is 0 Å². The number of piperidine rings is 1. The first-order valence-electron chi connectivity index (χ1n) is 12.2. The molecule has 1 aliphatic heterocycles. The molecule has 9 nitrogen and oxygen atoms in total. The van der Waals surface area contributed by atoms with E-state index in [9.17, 15) is 4.79 Å². The van der Waals surface area contributed by atoms with Crippen LogP contribution in [0.4, 0.5) is 10.6 Å². The number of nitrogens with zero attached hydrogens (tertiary/aromatic N) is 5. The molecule has 0 saturated carbocycles. The molecule has 0 bridgehead atoms. The van der Waals surface area contributed by atoms with Crippen LogP contribution >= 0.6 is 0 Å². The van der Waals surface area contributed by atoms with Crippen molar-refractivity contribution < 1.29 is 9.53 Å². The van der Waals surface area contributed by atoms with Gasteiger partial charge in [0.1, 0.15) is 16.9 Å². The van der Waals surface area contributed by atoms with Gasteiger partial charge in [0.2, 0.25) is 0 Å². The summed E-state index contributed by atoms with van der Waals surface area (Å²) in [6.07, 6.45) is 3.37. The Morgan fingerprint density at radius 3 is 2.71 bits per heavy atom. The van der Waals surface area contributed by atoms with Crippen molar-refractivity contribution in [1.29, 1.82) is 0 Å². The molecule has 0 radical (unpaired) electrons. The van der Waals surface area contributed by atoms with E-state index in [1.54, 1.807) is 11.1 Å². The van der Waals surface area contributed by atoms with Crippen molar-refractivity contribution in [1.82, 2.24) is 29.6 Å². The topological polar surface area (TPSA) is 115 Å². The minimum Gasteiger partial charge on any atom is -0.444 e. The van der Waals surface area contributed by atoms with E-state index in [1.807, 2.05) is 32.9 Å². The highest BCUT2D eigenvalue weighted by atomic mass is 16.6. The Labute approximate surface area is 204 Å². The van der Waals surface area contributed by atoms with Gasteiger partial charge in [-0.2, -0.15) is 5.10 Å². The second-order valence-electron chi connectivity index (χ2n) is 10.6. The lowest BCUT2D eigenvalue weighted by atomic mass is 9.97. The molecular weight excluding hydrogens is 442 g/mol. The van der Waals surface area contributed by atoms with Crippen LogP contribution in [0.15, 0.2) is 30.5 Å². The second kappa shape index (κ2) is 8.55. The molecule has 4 aromatic rings. The van der Waals surface area contributed by atoms with Crippen LogP contribution in [0, 0.1) is 0 Å². The summed E-state index contributed by atoms with van der Waals surface area (Å²) in [6, 6.07) is 8.23. The minimum absolute atomic E-state index is 0.0869. The van der Waals surface area contributed by atoms with Crippen molar-refractivity contribution >= 4 is 33.8 Å². The maximum Gasteiger partial charge on any atom is 0.410 e. The van der Waals surface area contributed by atoms with Gasteiger partial charge in [0, 0.05) is 42.2 Å². The first-order chi connectivity index (χ1) is 16.6. The van der Waals surface area contributed by atoms with E-state index in [-0.39, 0.29) is 18.1 Å². The highest BCUT2D eigenvalue weighted by Crippen LogP contribution is 2.37. The SMILES string of the molecule is CC(C)n1c(C2CCCN(C(=O)OC(C)(C)C)C2)nc2c(N)nc3cc(-c4cc[nH]n4)ccc3c21. The number of hydrogen-bond donors (Lipinski definition) is 2. The fourth-order valence-corrected chi connectivity index (χ4v) is 4.96. The fraction of sp³-hybridized carbons (Fsp3) is 0.462. The number of ether oxygens (including phenoxy) is 1. The van der Waals surface area contributed by atoms with Crippen LogP contribution in [0.2, 0.25) is 0 Å². The quantitative estimate of drug-likeness (QED) is 0.418. The van der Waals surface area contributed by atoms with Crippen molar-refractivity contribution in [2.75, 3.05) is 18.8 Å². The van der Waals surface area contributed by atoms with Crippen LogP contribution < -0.4 is 5.73 Å².